The van der Waals surface area contributed by atoms with Gasteiger partial charge in [0.15, 0.2) is 11.6 Å². The van der Waals surface area contributed by atoms with Crippen molar-refractivity contribution in [2.75, 3.05) is 13.1 Å². The molecule has 2 heterocycles. The van der Waals surface area contributed by atoms with E-state index in [-0.39, 0.29) is 24.1 Å². The van der Waals surface area contributed by atoms with E-state index in [1.165, 1.54) is 6.07 Å². The Kier molecular flexibility index (Phi) is 6.52. The second-order valence-electron chi connectivity index (χ2n) is 7.20. The van der Waals surface area contributed by atoms with Gasteiger partial charge in [-0.25, -0.2) is 8.78 Å². The molecule has 2 bridgehead atoms. The van der Waals surface area contributed by atoms with Crippen molar-refractivity contribution in [3.05, 3.63) is 65.7 Å². The van der Waals surface area contributed by atoms with Gasteiger partial charge in [0.25, 0.3) is 5.91 Å². The highest BCUT2D eigenvalue weighted by Gasteiger charge is 2.35. The van der Waals surface area contributed by atoms with Crippen molar-refractivity contribution in [3.8, 4) is 5.75 Å². The number of amides is 1. The summed E-state index contributed by atoms with van der Waals surface area (Å²) in [6, 6.07) is 13.2. The van der Waals surface area contributed by atoms with Gasteiger partial charge < -0.3 is 15.0 Å². The average molecular weight is 409 g/mol. The number of rotatable bonds is 4. The Bertz CT molecular complexity index is 821. The van der Waals surface area contributed by atoms with E-state index in [1.54, 1.807) is 0 Å². The number of carbonyl (C=O) groups excluding carboxylic acids is 1. The molecule has 2 aromatic carbocycles. The molecule has 4 nitrogen and oxygen atoms in total. The highest BCUT2D eigenvalue weighted by atomic mass is 35.5. The molecule has 150 valence electrons. The number of fused-ring (bicyclic) bond motifs is 2. The molecule has 0 spiro atoms. The van der Waals surface area contributed by atoms with Crippen LogP contribution in [0, 0.1) is 11.6 Å². The first-order valence-electron chi connectivity index (χ1n) is 9.31. The van der Waals surface area contributed by atoms with Crippen LogP contribution in [-0.4, -0.2) is 36.0 Å². The van der Waals surface area contributed by atoms with E-state index in [9.17, 15) is 13.6 Å². The van der Waals surface area contributed by atoms with Crippen molar-refractivity contribution < 1.29 is 18.3 Å². The Balaban J connectivity index is 0.00000225. The first-order valence-corrected chi connectivity index (χ1v) is 9.31. The normalized spacial score (nSPS) is 22.1. The van der Waals surface area contributed by atoms with Gasteiger partial charge in [0.1, 0.15) is 5.75 Å². The zero-order chi connectivity index (χ0) is 18.8. The summed E-state index contributed by atoms with van der Waals surface area (Å²) in [6.07, 6.45) is 2.23. The number of benzene rings is 2. The maximum absolute atomic E-state index is 13.6. The molecule has 1 amide bonds. The van der Waals surface area contributed by atoms with Gasteiger partial charge in [-0.15, -0.1) is 12.4 Å². The van der Waals surface area contributed by atoms with E-state index >= 15 is 0 Å². The Morgan fingerprint density at radius 3 is 2.54 bits per heavy atom. The highest BCUT2D eigenvalue weighted by molar-refractivity contribution is 5.85. The number of hydrogen-bond donors (Lipinski definition) is 1. The van der Waals surface area contributed by atoms with Crippen LogP contribution in [0.2, 0.25) is 0 Å². The van der Waals surface area contributed by atoms with E-state index in [0.717, 1.165) is 31.4 Å². The number of nitrogens with one attached hydrogen (secondary N) is 1. The van der Waals surface area contributed by atoms with Gasteiger partial charge in [0.05, 0.1) is 0 Å². The molecule has 2 saturated heterocycles. The summed E-state index contributed by atoms with van der Waals surface area (Å²) < 4.78 is 32.7. The summed E-state index contributed by atoms with van der Waals surface area (Å²) in [6.45, 7) is 1.30. The molecule has 0 aliphatic carbocycles. The molecule has 2 aliphatic rings. The minimum Gasteiger partial charge on any atom is -0.476 e. The van der Waals surface area contributed by atoms with Crippen LogP contribution in [0.15, 0.2) is 48.5 Å². The maximum Gasteiger partial charge on any atom is 0.268 e. The number of carbonyl (C=O) groups is 1. The fourth-order valence-electron chi connectivity index (χ4n) is 3.88. The van der Waals surface area contributed by atoms with Gasteiger partial charge in [-0.2, -0.15) is 0 Å². The fourth-order valence-corrected chi connectivity index (χ4v) is 3.88. The lowest BCUT2D eigenvalue weighted by Crippen LogP contribution is -2.42. The molecule has 2 aromatic rings. The summed E-state index contributed by atoms with van der Waals surface area (Å²) in [4.78, 5) is 15.1. The predicted octanol–water partition coefficient (Wildman–Crippen LogP) is 3.86. The summed E-state index contributed by atoms with van der Waals surface area (Å²) in [5, 5.41) is 3.55. The van der Waals surface area contributed by atoms with Gasteiger partial charge in [-0.1, -0.05) is 30.3 Å². The van der Waals surface area contributed by atoms with Crippen molar-refractivity contribution >= 4 is 18.3 Å². The van der Waals surface area contributed by atoms with Crippen LogP contribution < -0.4 is 10.1 Å². The number of halogens is 3. The molecule has 28 heavy (non-hydrogen) atoms. The minimum atomic E-state index is -0.997. The third-order valence-electron chi connectivity index (χ3n) is 5.31. The van der Waals surface area contributed by atoms with Crippen LogP contribution in [0.4, 0.5) is 8.78 Å². The molecule has 3 atom stereocenters. The molecule has 2 fully saturated rings. The minimum absolute atomic E-state index is 0. The highest BCUT2D eigenvalue weighted by Crippen LogP contribution is 2.28. The lowest BCUT2D eigenvalue weighted by molar-refractivity contribution is -0.139. The lowest BCUT2D eigenvalue weighted by Gasteiger charge is -2.29. The molecular weight excluding hydrogens is 386 g/mol. The molecule has 4 rings (SSSR count). The third kappa shape index (κ3) is 4.45. The molecule has 0 aromatic heterocycles. The zero-order valence-corrected chi connectivity index (χ0v) is 16.1. The van der Waals surface area contributed by atoms with E-state index in [2.05, 4.69) is 5.32 Å². The van der Waals surface area contributed by atoms with Crippen LogP contribution in [0.1, 0.15) is 30.9 Å². The Morgan fingerprint density at radius 2 is 1.79 bits per heavy atom. The largest absolute Gasteiger partial charge is 0.476 e. The topological polar surface area (TPSA) is 41.6 Å². The van der Waals surface area contributed by atoms with E-state index in [1.807, 2.05) is 35.2 Å². The van der Waals surface area contributed by atoms with Crippen LogP contribution >= 0.6 is 12.4 Å². The number of nitrogens with zero attached hydrogens (tertiary/aromatic N) is 1. The van der Waals surface area contributed by atoms with Crippen molar-refractivity contribution in [1.82, 2.24) is 10.2 Å². The number of hydrogen-bond acceptors (Lipinski definition) is 3. The third-order valence-corrected chi connectivity index (χ3v) is 5.31. The second-order valence-corrected chi connectivity index (χ2v) is 7.20. The molecular formula is C21H23ClF2N2O2. The molecule has 3 unspecified atom stereocenters. The van der Waals surface area contributed by atoms with Gasteiger partial charge in [0, 0.05) is 36.8 Å². The first kappa shape index (κ1) is 20.6. The number of likely N-dealkylation sites (tertiary alicyclic amines) is 1. The Hall–Kier alpha value is -2.18. The summed E-state index contributed by atoms with van der Waals surface area (Å²) >= 11 is 0. The van der Waals surface area contributed by atoms with Crippen LogP contribution in [-0.2, 0) is 4.79 Å². The maximum atomic E-state index is 13.6. The van der Waals surface area contributed by atoms with E-state index in [0.29, 0.717) is 30.7 Å². The number of ether oxygens (including phenoxy) is 1. The summed E-state index contributed by atoms with van der Waals surface area (Å²) in [5.41, 5.74) is 0.689. The smallest absolute Gasteiger partial charge is 0.268 e. The molecule has 2 aliphatic heterocycles. The quantitative estimate of drug-likeness (QED) is 0.835. The summed E-state index contributed by atoms with van der Waals surface area (Å²) in [5.74, 6) is -1.96. The average Bonchev–Trinajstić information content (AvgIpc) is 3.01. The Labute approximate surface area is 169 Å². The Morgan fingerprint density at radius 1 is 1.04 bits per heavy atom. The predicted molar refractivity (Wildman–Crippen MR) is 105 cm³/mol. The molecule has 7 heteroatoms. The van der Waals surface area contributed by atoms with Crippen molar-refractivity contribution in [2.45, 2.75) is 37.5 Å². The van der Waals surface area contributed by atoms with E-state index in [4.69, 9.17) is 4.74 Å². The standard InChI is InChI=1S/C21H22F2N2O2.ClH/c22-18-9-8-17(12-19(18)23)27-20(14-4-2-1-3-5-14)21(26)25-11-10-15-6-7-16(13-25)24-15;/h1-5,8-9,12,15-16,20,24H,6-7,10-11,13H2;1H. The molecule has 0 saturated carbocycles. The van der Waals surface area contributed by atoms with Crippen molar-refractivity contribution in [1.29, 1.82) is 0 Å². The van der Waals surface area contributed by atoms with Gasteiger partial charge in [-0.3, -0.25) is 4.79 Å². The van der Waals surface area contributed by atoms with Crippen molar-refractivity contribution in [2.24, 2.45) is 0 Å². The zero-order valence-electron chi connectivity index (χ0n) is 15.3. The second kappa shape index (κ2) is 8.88. The fraction of sp³-hybridized carbons (Fsp3) is 0.381. The first-order chi connectivity index (χ1) is 13.1. The van der Waals surface area contributed by atoms with Crippen LogP contribution in [0.25, 0.3) is 0 Å². The van der Waals surface area contributed by atoms with Gasteiger partial charge in [-0.05, 0) is 31.4 Å². The monoisotopic (exact) mass is 408 g/mol. The van der Waals surface area contributed by atoms with Gasteiger partial charge in [0.2, 0.25) is 6.10 Å². The SMILES string of the molecule is Cl.O=C(C(Oc1ccc(F)c(F)c1)c1ccccc1)N1CCC2CCC(C1)N2. The van der Waals surface area contributed by atoms with Crippen LogP contribution in [0.3, 0.4) is 0 Å². The molecule has 1 N–H and O–H groups in total. The molecule has 0 radical (unpaired) electrons. The summed E-state index contributed by atoms with van der Waals surface area (Å²) in [7, 11) is 0. The van der Waals surface area contributed by atoms with Crippen LogP contribution in [0.5, 0.6) is 5.75 Å². The van der Waals surface area contributed by atoms with E-state index < -0.39 is 17.7 Å². The van der Waals surface area contributed by atoms with Crippen molar-refractivity contribution in [3.63, 3.8) is 0 Å². The lowest BCUT2D eigenvalue weighted by atomic mass is 10.1. The van der Waals surface area contributed by atoms with Gasteiger partial charge >= 0.3 is 0 Å².